The van der Waals surface area contributed by atoms with E-state index in [4.69, 9.17) is 5.73 Å². The monoisotopic (exact) mass is 433 g/mol. The molecular formula is C22H27N9O. The van der Waals surface area contributed by atoms with Crippen LogP contribution in [-0.4, -0.2) is 42.3 Å². The van der Waals surface area contributed by atoms with Gasteiger partial charge in [-0.15, -0.1) is 5.10 Å². The number of guanidine groups is 1. The number of hydrogen-bond acceptors (Lipinski definition) is 7. The number of amides is 2. The van der Waals surface area contributed by atoms with E-state index < -0.39 is 0 Å². The van der Waals surface area contributed by atoms with Crippen LogP contribution in [0.3, 0.4) is 0 Å². The molecule has 1 heterocycles. The summed E-state index contributed by atoms with van der Waals surface area (Å²) in [6.07, 6.45) is 0. The average molecular weight is 434 g/mol. The molecule has 2 aromatic carbocycles. The number of benzene rings is 2. The first kappa shape index (κ1) is 22.5. The van der Waals surface area contributed by atoms with Crippen molar-refractivity contribution in [2.75, 3.05) is 23.7 Å². The Morgan fingerprint density at radius 2 is 1.47 bits per heavy atom. The minimum Gasteiger partial charge on any atom is -0.386 e. The zero-order valence-electron chi connectivity index (χ0n) is 18.3. The number of nitrogens with two attached hydrogens (primary N) is 1. The number of urea groups is 1. The summed E-state index contributed by atoms with van der Waals surface area (Å²) in [5.74, 6) is 1.07. The number of nitrogens with zero attached hydrogens (tertiary/aromatic N) is 4. The van der Waals surface area contributed by atoms with Crippen molar-refractivity contribution in [3.05, 3.63) is 59.7 Å². The Labute approximate surface area is 186 Å². The van der Waals surface area contributed by atoms with E-state index in [9.17, 15) is 4.79 Å². The van der Waals surface area contributed by atoms with Gasteiger partial charge in [0.05, 0.1) is 18.0 Å². The molecule has 2 aromatic rings. The third kappa shape index (κ3) is 6.66. The number of amidine groups is 1. The Morgan fingerprint density at radius 3 is 1.97 bits per heavy atom. The van der Waals surface area contributed by atoms with Crippen LogP contribution in [-0.2, 0) is 0 Å². The van der Waals surface area contributed by atoms with Crippen LogP contribution < -0.4 is 27.1 Å². The lowest BCUT2D eigenvalue weighted by atomic mass is 10.1. The van der Waals surface area contributed by atoms with Crippen LogP contribution in [0.25, 0.3) is 0 Å². The number of aliphatic imine (C=N–C) groups is 1. The SMILES string of the molecule is CC(N)=N/N=C(/C)c1ccc(NC(=O)Nc2ccc(/C(C)=N\NC3=NCCN3)cc2)cc1. The normalized spacial score (nSPS) is 14.5. The molecule has 1 aliphatic rings. The molecule has 0 spiro atoms. The number of carbonyl (C=O) groups excluding carboxylic acids is 1. The van der Waals surface area contributed by atoms with E-state index in [0.717, 1.165) is 35.6 Å². The fourth-order valence-electron chi connectivity index (χ4n) is 2.77. The lowest BCUT2D eigenvalue weighted by Crippen LogP contribution is -2.30. The van der Waals surface area contributed by atoms with Gasteiger partial charge in [0.15, 0.2) is 0 Å². The highest BCUT2D eigenvalue weighted by molar-refractivity contribution is 6.03. The first-order valence-electron chi connectivity index (χ1n) is 10.1. The third-order valence-electron chi connectivity index (χ3n) is 4.48. The number of hydrazone groups is 1. The highest BCUT2D eigenvalue weighted by Crippen LogP contribution is 2.13. The molecule has 0 bridgehead atoms. The Kier molecular flexibility index (Phi) is 7.52. The summed E-state index contributed by atoms with van der Waals surface area (Å²) in [6, 6.07) is 14.4. The van der Waals surface area contributed by atoms with Crippen molar-refractivity contribution in [1.29, 1.82) is 0 Å². The molecule has 0 radical (unpaired) electrons. The predicted octanol–water partition coefficient (Wildman–Crippen LogP) is 2.70. The van der Waals surface area contributed by atoms with E-state index in [0.29, 0.717) is 23.2 Å². The van der Waals surface area contributed by atoms with Gasteiger partial charge < -0.3 is 21.7 Å². The van der Waals surface area contributed by atoms with Crippen molar-refractivity contribution < 1.29 is 4.79 Å². The Balaban J connectivity index is 1.54. The largest absolute Gasteiger partial charge is 0.386 e. The van der Waals surface area contributed by atoms with Crippen molar-refractivity contribution in [3.63, 3.8) is 0 Å². The van der Waals surface area contributed by atoms with Crippen LogP contribution in [0.2, 0.25) is 0 Å². The molecule has 0 unspecified atom stereocenters. The van der Waals surface area contributed by atoms with Gasteiger partial charge in [-0.25, -0.2) is 15.2 Å². The van der Waals surface area contributed by atoms with Crippen molar-refractivity contribution in [1.82, 2.24) is 10.7 Å². The molecule has 166 valence electrons. The summed E-state index contributed by atoms with van der Waals surface area (Å²) in [5.41, 5.74) is 13.1. The van der Waals surface area contributed by atoms with Crippen LogP contribution in [0.1, 0.15) is 31.9 Å². The molecule has 10 heteroatoms. The predicted molar refractivity (Wildman–Crippen MR) is 131 cm³/mol. The van der Waals surface area contributed by atoms with Crippen LogP contribution in [0.15, 0.2) is 68.8 Å². The van der Waals surface area contributed by atoms with Gasteiger partial charge in [-0.05, 0) is 56.2 Å². The zero-order chi connectivity index (χ0) is 22.9. The number of carbonyl (C=O) groups is 1. The second-order valence-corrected chi connectivity index (χ2v) is 7.13. The summed E-state index contributed by atoms with van der Waals surface area (Å²) >= 11 is 0. The second kappa shape index (κ2) is 10.7. The van der Waals surface area contributed by atoms with Gasteiger partial charge in [0.2, 0.25) is 5.96 Å². The van der Waals surface area contributed by atoms with Crippen molar-refractivity contribution in [3.8, 4) is 0 Å². The standard InChI is InChI=1S/C22H27N9O/c1-14(28-30-16(3)23)17-4-8-19(9-5-17)26-22(32)27-20-10-6-18(7-11-20)15(2)29-31-21-24-12-13-25-21/h4-11H,12-13H2,1-3H3,(H2,23,30)(H2,24,25,31)(H2,26,27,32)/b28-14-,29-15-. The van der Waals surface area contributed by atoms with Gasteiger partial charge in [0, 0.05) is 17.9 Å². The summed E-state index contributed by atoms with van der Waals surface area (Å²) in [5, 5.41) is 20.9. The minimum atomic E-state index is -0.336. The average Bonchev–Trinajstić information content (AvgIpc) is 3.30. The highest BCUT2D eigenvalue weighted by Gasteiger charge is 2.06. The topological polar surface area (TPSA) is 141 Å². The second-order valence-electron chi connectivity index (χ2n) is 7.13. The summed E-state index contributed by atoms with van der Waals surface area (Å²) in [4.78, 5) is 16.5. The fraction of sp³-hybridized carbons (Fsp3) is 0.227. The van der Waals surface area contributed by atoms with Gasteiger partial charge >= 0.3 is 6.03 Å². The van der Waals surface area contributed by atoms with E-state index in [-0.39, 0.29) is 6.03 Å². The number of anilines is 2. The maximum atomic E-state index is 12.3. The Morgan fingerprint density at radius 1 is 0.906 bits per heavy atom. The molecular weight excluding hydrogens is 406 g/mol. The quantitative estimate of drug-likeness (QED) is 0.271. The van der Waals surface area contributed by atoms with Crippen LogP contribution in [0.5, 0.6) is 0 Å². The maximum Gasteiger partial charge on any atom is 0.323 e. The van der Waals surface area contributed by atoms with Crippen LogP contribution in [0, 0.1) is 0 Å². The van der Waals surface area contributed by atoms with E-state index in [1.165, 1.54) is 0 Å². The first-order valence-corrected chi connectivity index (χ1v) is 10.1. The molecule has 32 heavy (non-hydrogen) atoms. The Bertz CT molecular complexity index is 1060. The molecule has 2 amide bonds. The smallest absolute Gasteiger partial charge is 0.323 e. The molecule has 0 aromatic heterocycles. The van der Waals surface area contributed by atoms with Gasteiger partial charge in [-0.1, -0.05) is 24.3 Å². The van der Waals surface area contributed by atoms with E-state index in [2.05, 4.69) is 41.7 Å². The van der Waals surface area contributed by atoms with E-state index >= 15 is 0 Å². The van der Waals surface area contributed by atoms with Gasteiger partial charge in [0.1, 0.15) is 5.84 Å². The minimum absolute atomic E-state index is 0.336. The molecule has 6 N–H and O–H groups in total. The van der Waals surface area contributed by atoms with Gasteiger partial charge in [-0.3, -0.25) is 0 Å². The zero-order valence-corrected chi connectivity index (χ0v) is 18.3. The van der Waals surface area contributed by atoms with E-state index in [1.807, 2.05) is 50.2 Å². The third-order valence-corrected chi connectivity index (χ3v) is 4.48. The first-order chi connectivity index (χ1) is 15.4. The molecule has 0 saturated heterocycles. The molecule has 1 aliphatic heterocycles. The molecule has 0 saturated carbocycles. The molecule has 10 nitrogen and oxygen atoms in total. The fourth-order valence-corrected chi connectivity index (χ4v) is 2.77. The summed E-state index contributed by atoms with van der Waals surface area (Å²) in [7, 11) is 0. The molecule has 3 rings (SSSR count). The van der Waals surface area contributed by atoms with Crippen LogP contribution >= 0.6 is 0 Å². The van der Waals surface area contributed by atoms with Crippen molar-refractivity contribution in [2.45, 2.75) is 20.8 Å². The summed E-state index contributed by atoms with van der Waals surface area (Å²) in [6.45, 7) is 6.99. The maximum absolute atomic E-state index is 12.3. The van der Waals surface area contributed by atoms with Crippen molar-refractivity contribution >= 4 is 40.6 Å². The molecule has 0 aliphatic carbocycles. The summed E-state index contributed by atoms with van der Waals surface area (Å²) < 4.78 is 0. The van der Waals surface area contributed by atoms with Crippen LogP contribution in [0.4, 0.5) is 16.2 Å². The number of hydrogen-bond donors (Lipinski definition) is 5. The number of nitrogens with one attached hydrogen (secondary N) is 4. The lowest BCUT2D eigenvalue weighted by Gasteiger charge is -2.09. The molecule has 0 atom stereocenters. The van der Waals surface area contributed by atoms with Gasteiger partial charge in [0.25, 0.3) is 0 Å². The lowest BCUT2D eigenvalue weighted by molar-refractivity contribution is 0.262. The number of rotatable bonds is 6. The molecule has 0 fully saturated rings. The van der Waals surface area contributed by atoms with E-state index in [1.54, 1.807) is 19.1 Å². The van der Waals surface area contributed by atoms with Gasteiger partial charge in [-0.2, -0.15) is 10.2 Å². The Hall–Kier alpha value is -4.21. The van der Waals surface area contributed by atoms with Crippen molar-refractivity contribution in [2.24, 2.45) is 26.0 Å². The highest BCUT2D eigenvalue weighted by atomic mass is 16.2.